The van der Waals surface area contributed by atoms with E-state index in [0.717, 1.165) is 4.90 Å². The predicted octanol–water partition coefficient (Wildman–Crippen LogP) is 2.75. The second kappa shape index (κ2) is 4.63. The van der Waals surface area contributed by atoms with Crippen molar-refractivity contribution in [2.24, 2.45) is 17.8 Å². The number of nitrogens with zero attached hydrogens (tertiary/aromatic N) is 1. The van der Waals surface area contributed by atoms with E-state index >= 15 is 0 Å². The summed E-state index contributed by atoms with van der Waals surface area (Å²) in [7, 11) is 0. The van der Waals surface area contributed by atoms with E-state index < -0.39 is 0 Å². The van der Waals surface area contributed by atoms with Gasteiger partial charge >= 0.3 is 0 Å². The van der Waals surface area contributed by atoms with E-state index in [-0.39, 0.29) is 41.0 Å². The van der Waals surface area contributed by atoms with Gasteiger partial charge in [0.1, 0.15) is 5.75 Å². The summed E-state index contributed by atoms with van der Waals surface area (Å²) in [4.78, 5) is 26.1. The minimum absolute atomic E-state index is 0.0246. The fourth-order valence-corrected chi connectivity index (χ4v) is 3.23. The van der Waals surface area contributed by atoms with Crippen molar-refractivity contribution in [1.29, 1.82) is 0 Å². The average molecular weight is 292 g/mol. The molecule has 3 atom stereocenters. The highest BCUT2D eigenvalue weighted by molar-refractivity contribution is 6.31. The molecule has 3 rings (SSSR count). The molecular weight excluding hydrogens is 278 g/mol. The van der Waals surface area contributed by atoms with Crippen LogP contribution in [0.25, 0.3) is 0 Å². The number of carbonyl (C=O) groups is 2. The molecule has 0 spiro atoms. The van der Waals surface area contributed by atoms with Crippen molar-refractivity contribution in [3.05, 3.63) is 35.4 Å². The lowest BCUT2D eigenvalue weighted by Gasteiger charge is -2.22. The van der Waals surface area contributed by atoms with Crippen LogP contribution in [0.3, 0.4) is 0 Å². The van der Waals surface area contributed by atoms with Gasteiger partial charge in [-0.3, -0.25) is 9.59 Å². The molecule has 104 valence electrons. The molecule has 0 bridgehead atoms. The first-order chi connectivity index (χ1) is 9.50. The Labute approximate surface area is 121 Å². The van der Waals surface area contributed by atoms with Crippen LogP contribution in [0.2, 0.25) is 5.02 Å². The number of carbonyl (C=O) groups excluding carboxylic acids is 2. The SMILES string of the molecule is C[C@H]1C=CC[C@H]2C(=O)N(c3cc(Cl)ccc3O)C(=O)[C@H]12. The molecule has 1 fully saturated rings. The third-order valence-electron chi connectivity index (χ3n) is 4.05. The molecule has 5 heteroatoms. The van der Waals surface area contributed by atoms with Crippen LogP contribution in [0, 0.1) is 17.8 Å². The van der Waals surface area contributed by atoms with E-state index in [1.54, 1.807) is 0 Å². The molecular formula is C15H14ClNO3. The first-order valence-corrected chi connectivity index (χ1v) is 6.91. The number of rotatable bonds is 1. The number of benzene rings is 1. The van der Waals surface area contributed by atoms with Crippen molar-refractivity contribution >= 4 is 29.1 Å². The van der Waals surface area contributed by atoms with Crippen LogP contribution in [0.1, 0.15) is 13.3 Å². The van der Waals surface area contributed by atoms with E-state index in [1.165, 1.54) is 18.2 Å². The number of hydrogen-bond acceptors (Lipinski definition) is 3. The van der Waals surface area contributed by atoms with Gasteiger partial charge in [-0.2, -0.15) is 0 Å². The van der Waals surface area contributed by atoms with Gasteiger partial charge in [0.25, 0.3) is 0 Å². The molecule has 0 unspecified atom stereocenters. The fraction of sp³-hybridized carbons (Fsp3) is 0.333. The Kier molecular flexibility index (Phi) is 3.05. The Morgan fingerprint density at radius 3 is 2.75 bits per heavy atom. The van der Waals surface area contributed by atoms with Crippen LogP contribution < -0.4 is 4.90 Å². The highest BCUT2D eigenvalue weighted by Gasteiger charge is 2.50. The summed E-state index contributed by atoms with van der Waals surface area (Å²) in [6.07, 6.45) is 4.48. The normalized spacial score (nSPS) is 28.9. The van der Waals surface area contributed by atoms with E-state index in [4.69, 9.17) is 11.6 Å². The molecule has 0 radical (unpaired) electrons. The largest absolute Gasteiger partial charge is 0.506 e. The molecule has 1 N–H and O–H groups in total. The van der Waals surface area contributed by atoms with E-state index in [0.29, 0.717) is 11.4 Å². The number of phenols is 1. The molecule has 1 aromatic carbocycles. The Morgan fingerprint density at radius 1 is 1.30 bits per heavy atom. The number of phenolic OH excluding ortho intramolecular Hbond substituents is 1. The van der Waals surface area contributed by atoms with Crippen LogP contribution in [0.15, 0.2) is 30.4 Å². The van der Waals surface area contributed by atoms with Gasteiger partial charge in [0.05, 0.1) is 17.5 Å². The standard InChI is InChI=1S/C15H14ClNO3/c1-8-3-2-4-10-13(8)15(20)17(14(10)19)11-7-9(16)5-6-12(11)18/h2-3,5-8,10,13,18H,4H2,1H3/t8-,10+,13+/m0/s1. The summed E-state index contributed by atoms with van der Waals surface area (Å²) in [5, 5.41) is 10.3. The van der Waals surface area contributed by atoms with Crippen LogP contribution in [0.4, 0.5) is 5.69 Å². The lowest BCUT2D eigenvalue weighted by molar-refractivity contribution is -0.122. The summed E-state index contributed by atoms with van der Waals surface area (Å²) >= 11 is 5.90. The number of halogens is 1. The lowest BCUT2D eigenvalue weighted by Crippen LogP contribution is -2.31. The Balaban J connectivity index is 2.06. The van der Waals surface area contributed by atoms with E-state index in [1.807, 2.05) is 19.1 Å². The average Bonchev–Trinajstić information content (AvgIpc) is 2.66. The summed E-state index contributed by atoms with van der Waals surface area (Å²) in [6.45, 7) is 1.93. The van der Waals surface area contributed by atoms with Gasteiger partial charge in [0.2, 0.25) is 11.8 Å². The third-order valence-corrected chi connectivity index (χ3v) is 4.29. The quantitative estimate of drug-likeness (QED) is 0.639. The van der Waals surface area contributed by atoms with E-state index in [2.05, 4.69) is 0 Å². The van der Waals surface area contributed by atoms with Crippen molar-refractivity contribution in [2.75, 3.05) is 4.90 Å². The molecule has 20 heavy (non-hydrogen) atoms. The number of amides is 2. The smallest absolute Gasteiger partial charge is 0.238 e. The maximum atomic E-state index is 12.5. The summed E-state index contributed by atoms with van der Waals surface area (Å²) in [5.74, 6) is -1.28. The zero-order chi connectivity index (χ0) is 14.4. The van der Waals surface area contributed by atoms with Gasteiger partial charge in [-0.05, 0) is 30.5 Å². The third kappa shape index (κ3) is 1.83. The van der Waals surface area contributed by atoms with Crippen LogP contribution in [-0.2, 0) is 9.59 Å². The van der Waals surface area contributed by atoms with Crippen molar-refractivity contribution in [3.8, 4) is 5.75 Å². The van der Waals surface area contributed by atoms with Crippen LogP contribution in [0.5, 0.6) is 5.75 Å². The van der Waals surface area contributed by atoms with Crippen molar-refractivity contribution in [3.63, 3.8) is 0 Å². The second-order valence-corrected chi connectivity index (χ2v) is 5.74. The van der Waals surface area contributed by atoms with Gasteiger partial charge in [-0.25, -0.2) is 4.90 Å². The molecule has 1 aliphatic heterocycles. The lowest BCUT2D eigenvalue weighted by atomic mass is 9.78. The maximum Gasteiger partial charge on any atom is 0.238 e. The highest BCUT2D eigenvalue weighted by Crippen LogP contribution is 2.43. The Hall–Kier alpha value is -1.81. The highest BCUT2D eigenvalue weighted by atomic mass is 35.5. The molecule has 1 heterocycles. The van der Waals surface area contributed by atoms with E-state index in [9.17, 15) is 14.7 Å². The van der Waals surface area contributed by atoms with Crippen molar-refractivity contribution < 1.29 is 14.7 Å². The van der Waals surface area contributed by atoms with Crippen LogP contribution >= 0.6 is 11.6 Å². The first kappa shape index (κ1) is 13.2. The minimum atomic E-state index is -0.342. The molecule has 2 amide bonds. The fourth-order valence-electron chi connectivity index (χ4n) is 3.06. The van der Waals surface area contributed by atoms with Gasteiger partial charge in [0, 0.05) is 5.02 Å². The van der Waals surface area contributed by atoms with Gasteiger partial charge in [-0.15, -0.1) is 0 Å². The molecule has 0 aromatic heterocycles. The first-order valence-electron chi connectivity index (χ1n) is 6.53. The van der Waals surface area contributed by atoms with Crippen molar-refractivity contribution in [2.45, 2.75) is 13.3 Å². The topological polar surface area (TPSA) is 57.6 Å². The monoisotopic (exact) mass is 291 g/mol. The molecule has 1 aromatic rings. The Bertz CT molecular complexity index is 626. The number of fused-ring (bicyclic) bond motifs is 1. The molecule has 4 nitrogen and oxygen atoms in total. The molecule has 1 aliphatic carbocycles. The summed E-state index contributed by atoms with van der Waals surface area (Å²) in [6, 6.07) is 4.35. The number of imide groups is 1. The molecule has 0 saturated carbocycles. The number of hydrogen-bond donors (Lipinski definition) is 1. The van der Waals surface area contributed by atoms with Gasteiger partial charge < -0.3 is 5.11 Å². The number of aromatic hydroxyl groups is 1. The molecule has 1 saturated heterocycles. The number of allylic oxidation sites excluding steroid dienone is 2. The minimum Gasteiger partial charge on any atom is -0.506 e. The maximum absolute atomic E-state index is 12.5. The van der Waals surface area contributed by atoms with Crippen molar-refractivity contribution in [1.82, 2.24) is 0 Å². The van der Waals surface area contributed by atoms with Crippen LogP contribution in [-0.4, -0.2) is 16.9 Å². The predicted molar refractivity (Wildman–Crippen MR) is 75.5 cm³/mol. The summed E-state index contributed by atoms with van der Waals surface area (Å²) < 4.78 is 0. The van der Waals surface area contributed by atoms with Gasteiger partial charge in [0.15, 0.2) is 0 Å². The zero-order valence-electron chi connectivity index (χ0n) is 10.9. The zero-order valence-corrected chi connectivity index (χ0v) is 11.7. The molecule has 2 aliphatic rings. The number of anilines is 1. The van der Waals surface area contributed by atoms with Gasteiger partial charge in [-0.1, -0.05) is 30.7 Å². The summed E-state index contributed by atoms with van der Waals surface area (Å²) in [5.41, 5.74) is 0.175. The second-order valence-electron chi connectivity index (χ2n) is 5.30. The Morgan fingerprint density at radius 2 is 2.05 bits per heavy atom.